The van der Waals surface area contributed by atoms with Crippen LogP contribution in [-0.2, 0) is 0 Å². The molecule has 4 rings (SSSR count). The molecule has 2 unspecified atom stereocenters. The van der Waals surface area contributed by atoms with Gasteiger partial charge in [0.15, 0.2) is 0 Å². The van der Waals surface area contributed by atoms with Crippen molar-refractivity contribution in [1.82, 2.24) is 10.2 Å². The number of aryl methyl sites for hydroxylation is 1. The SMILES string of the molecule is COc1ccc(C2CCCN2C(=O)NC(C)c2oc3ccc(OC)cc3c2C)c(OC)c1. The third kappa shape index (κ3) is 3.95. The van der Waals surface area contributed by atoms with Crippen molar-refractivity contribution in [3.63, 3.8) is 0 Å². The Kier molecular flexibility index (Phi) is 6.17. The van der Waals surface area contributed by atoms with Gasteiger partial charge in [-0.3, -0.25) is 0 Å². The summed E-state index contributed by atoms with van der Waals surface area (Å²) in [6.45, 7) is 4.64. The van der Waals surface area contributed by atoms with Crippen molar-refractivity contribution in [2.45, 2.75) is 38.8 Å². The Morgan fingerprint density at radius 1 is 1.09 bits per heavy atom. The van der Waals surface area contributed by atoms with E-state index in [1.807, 2.05) is 55.1 Å². The first-order valence-electron chi connectivity index (χ1n) is 10.8. The zero-order chi connectivity index (χ0) is 22.8. The Labute approximate surface area is 188 Å². The monoisotopic (exact) mass is 438 g/mol. The number of hydrogen-bond acceptors (Lipinski definition) is 5. The van der Waals surface area contributed by atoms with Gasteiger partial charge >= 0.3 is 6.03 Å². The number of urea groups is 1. The van der Waals surface area contributed by atoms with Gasteiger partial charge in [0.25, 0.3) is 0 Å². The highest BCUT2D eigenvalue weighted by molar-refractivity contribution is 5.84. The number of likely N-dealkylation sites (tertiary alicyclic amines) is 1. The van der Waals surface area contributed by atoms with E-state index in [1.54, 1.807) is 21.3 Å². The topological polar surface area (TPSA) is 73.2 Å². The molecule has 7 nitrogen and oxygen atoms in total. The van der Waals surface area contributed by atoms with Gasteiger partial charge in [-0.1, -0.05) is 0 Å². The number of benzene rings is 2. The second-order valence-corrected chi connectivity index (χ2v) is 8.08. The molecule has 32 heavy (non-hydrogen) atoms. The summed E-state index contributed by atoms with van der Waals surface area (Å²) in [5, 5.41) is 4.11. The molecule has 0 spiro atoms. The number of furan rings is 1. The molecule has 0 radical (unpaired) electrons. The van der Waals surface area contributed by atoms with Crippen LogP contribution in [-0.4, -0.2) is 38.8 Å². The third-order valence-electron chi connectivity index (χ3n) is 6.23. The Balaban J connectivity index is 1.54. The molecule has 2 amide bonds. The van der Waals surface area contributed by atoms with Gasteiger partial charge in [-0.15, -0.1) is 0 Å². The molecule has 1 N–H and O–H groups in total. The van der Waals surface area contributed by atoms with Crippen molar-refractivity contribution in [3.8, 4) is 17.2 Å². The quantitative estimate of drug-likeness (QED) is 0.560. The van der Waals surface area contributed by atoms with Crippen molar-refractivity contribution in [2.75, 3.05) is 27.9 Å². The molecule has 2 heterocycles. The molecule has 1 aliphatic heterocycles. The first-order chi connectivity index (χ1) is 15.5. The summed E-state index contributed by atoms with van der Waals surface area (Å²) in [5.74, 6) is 2.98. The molecule has 7 heteroatoms. The molecule has 2 atom stereocenters. The summed E-state index contributed by atoms with van der Waals surface area (Å²) >= 11 is 0. The van der Waals surface area contributed by atoms with Crippen LogP contribution in [0, 0.1) is 6.92 Å². The second kappa shape index (κ2) is 9.02. The average molecular weight is 439 g/mol. The Morgan fingerprint density at radius 3 is 2.53 bits per heavy atom. The van der Waals surface area contributed by atoms with Crippen LogP contribution in [0.1, 0.15) is 48.7 Å². The van der Waals surface area contributed by atoms with Gasteiger partial charge in [-0.25, -0.2) is 4.79 Å². The number of nitrogens with one attached hydrogen (secondary N) is 1. The van der Waals surface area contributed by atoms with E-state index in [9.17, 15) is 4.79 Å². The summed E-state index contributed by atoms with van der Waals surface area (Å²) in [7, 11) is 4.91. The fraction of sp³-hybridized carbons (Fsp3) is 0.400. The highest BCUT2D eigenvalue weighted by Gasteiger charge is 2.33. The largest absolute Gasteiger partial charge is 0.497 e. The van der Waals surface area contributed by atoms with Crippen LogP contribution in [0.3, 0.4) is 0 Å². The van der Waals surface area contributed by atoms with E-state index in [1.165, 1.54) is 0 Å². The lowest BCUT2D eigenvalue weighted by molar-refractivity contribution is 0.187. The van der Waals surface area contributed by atoms with E-state index in [2.05, 4.69) is 5.32 Å². The van der Waals surface area contributed by atoms with Gasteiger partial charge in [0.2, 0.25) is 0 Å². The van der Waals surface area contributed by atoms with Crippen LogP contribution in [0.5, 0.6) is 17.2 Å². The molecule has 1 fully saturated rings. The first-order valence-corrected chi connectivity index (χ1v) is 10.8. The van der Waals surface area contributed by atoms with E-state index in [0.717, 1.165) is 57.9 Å². The van der Waals surface area contributed by atoms with Crippen LogP contribution in [0.15, 0.2) is 40.8 Å². The van der Waals surface area contributed by atoms with E-state index in [4.69, 9.17) is 18.6 Å². The van der Waals surface area contributed by atoms with Crippen molar-refractivity contribution < 1.29 is 23.4 Å². The number of ether oxygens (including phenoxy) is 3. The van der Waals surface area contributed by atoms with Gasteiger partial charge in [0.1, 0.15) is 28.6 Å². The Bertz CT molecular complexity index is 1120. The third-order valence-corrected chi connectivity index (χ3v) is 6.23. The van der Waals surface area contributed by atoms with Crippen molar-refractivity contribution in [1.29, 1.82) is 0 Å². The second-order valence-electron chi connectivity index (χ2n) is 8.08. The predicted molar refractivity (Wildman–Crippen MR) is 123 cm³/mol. The number of hydrogen-bond donors (Lipinski definition) is 1. The molecule has 0 aliphatic carbocycles. The van der Waals surface area contributed by atoms with E-state index in [0.29, 0.717) is 6.54 Å². The molecule has 3 aromatic rings. The summed E-state index contributed by atoms with van der Waals surface area (Å²) in [4.78, 5) is 15.1. The normalized spacial score (nSPS) is 16.8. The van der Waals surface area contributed by atoms with Crippen molar-refractivity contribution >= 4 is 17.0 Å². The Hall–Kier alpha value is -3.35. The number of fused-ring (bicyclic) bond motifs is 1. The van der Waals surface area contributed by atoms with Gasteiger partial charge < -0.3 is 28.8 Å². The summed E-state index contributed by atoms with van der Waals surface area (Å²) in [5.41, 5.74) is 2.77. The zero-order valence-corrected chi connectivity index (χ0v) is 19.2. The molecule has 0 saturated carbocycles. The highest BCUT2D eigenvalue weighted by atomic mass is 16.5. The number of carbonyl (C=O) groups is 1. The number of amides is 2. The number of carbonyl (C=O) groups excluding carboxylic acids is 1. The van der Waals surface area contributed by atoms with Crippen molar-refractivity contribution in [3.05, 3.63) is 53.3 Å². The molecule has 1 aliphatic rings. The average Bonchev–Trinajstić information content (AvgIpc) is 3.43. The fourth-order valence-electron chi connectivity index (χ4n) is 4.52. The van der Waals surface area contributed by atoms with Gasteiger partial charge in [-0.05, 0) is 57.0 Å². The highest BCUT2D eigenvalue weighted by Crippen LogP contribution is 2.39. The maximum atomic E-state index is 13.3. The van der Waals surface area contributed by atoms with Crippen LogP contribution in [0.25, 0.3) is 11.0 Å². The maximum absolute atomic E-state index is 13.3. The maximum Gasteiger partial charge on any atom is 0.318 e. The minimum absolute atomic E-state index is 0.0518. The minimum atomic E-state index is -0.278. The summed E-state index contributed by atoms with van der Waals surface area (Å²) < 4.78 is 22.3. The summed E-state index contributed by atoms with van der Waals surface area (Å²) in [6, 6.07) is 11.0. The Morgan fingerprint density at radius 2 is 1.81 bits per heavy atom. The van der Waals surface area contributed by atoms with Gasteiger partial charge in [0, 0.05) is 29.1 Å². The molecule has 170 valence electrons. The van der Waals surface area contributed by atoms with E-state index >= 15 is 0 Å². The van der Waals surface area contributed by atoms with E-state index < -0.39 is 0 Å². The molecule has 1 aromatic heterocycles. The van der Waals surface area contributed by atoms with E-state index in [-0.39, 0.29) is 18.1 Å². The summed E-state index contributed by atoms with van der Waals surface area (Å²) in [6.07, 6.45) is 1.82. The smallest absolute Gasteiger partial charge is 0.318 e. The van der Waals surface area contributed by atoms with Crippen LogP contribution in [0.2, 0.25) is 0 Å². The molecular formula is C25H30N2O5. The first kappa shape index (κ1) is 21.9. The van der Waals surface area contributed by atoms with Crippen molar-refractivity contribution in [2.24, 2.45) is 0 Å². The number of methoxy groups -OCH3 is 3. The molecular weight excluding hydrogens is 408 g/mol. The predicted octanol–water partition coefficient (Wildman–Crippen LogP) is 5.37. The lowest BCUT2D eigenvalue weighted by Gasteiger charge is -2.28. The van der Waals surface area contributed by atoms with Gasteiger partial charge in [0.05, 0.1) is 33.4 Å². The van der Waals surface area contributed by atoms with Gasteiger partial charge in [-0.2, -0.15) is 0 Å². The molecule has 2 aromatic carbocycles. The fourth-order valence-corrected chi connectivity index (χ4v) is 4.52. The molecule has 0 bridgehead atoms. The standard InChI is InChI=1S/C25H30N2O5/c1-15-20-13-17(29-3)9-11-22(20)32-24(15)16(2)26-25(28)27-12-6-7-21(27)19-10-8-18(30-4)14-23(19)31-5/h8-11,13-14,16,21H,6-7,12H2,1-5H3,(H,26,28). The van der Waals surface area contributed by atoms with Crippen LogP contribution >= 0.6 is 0 Å². The lowest BCUT2D eigenvalue weighted by atomic mass is 10.0. The molecule has 1 saturated heterocycles. The number of nitrogens with zero attached hydrogens (tertiary/aromatic N) is 1. The van der Waals surface area contributed by atoms with Crippen LogP contribution in [0.4, 0.5) is 4.79 Å². The minimum Gasteiger partial charge on any atom is -0.497 e. The number of rotatable bonds is 6. The lowest BCUT2D eigenvalue weighted by Crippen LogP contribution is -2.40. The van der Waals surface area contributed by atoms with Crippen LogP contribution < -0.4 is 19.5 Å². The zero-order valence-electron chi connectivity index (χ0n) is 19.2.